The van der Waals surface area contributed by atoms with Crippen LogP contribution >= 0.6 is 0 Å². The van der Waals surface area contributed by atoms with E-state index in [1.54, 1.807) is 4.57 Å². The third-order valence-electron chi connectivity index (χ3n) is 7.59. The Morgan fingerprint density at radius 3 is 2.28 bits per heavy atom. The van der Waals surface area contributed by atoms with E-state index in [0.717, 1.165) is 58.7 Å². The molecule has 1 aromatic heterocycles. The number of rotatable bonds is 12. The van der Waals surface area contributed by atoms with Gasteiger partial charge < -0.3 is 9.84 Å². The van der Waals surface area contributed by atoms with E-state index in [1.165, 1.54) is 10.2 Å². The zero-order valence-electron chi connectivity index (χ0n) is 24.9. The Kier molecular flexibility index (Phi) is 9.20. The number of aromatic nitrogens is 3. The number of aryl methyl sites for hydroxylation is 4. The first-order chi connectivity index (χ1) is 20.9. The summed E-state index contributed by atoms with van der Waals surface area (Å²) < 4.78 is 8.90. The van der Waals surface area contributed by atoms with Gasteiger partial charge in [0.25, 0.3) is 0 Å². The summed E-state index contributed by atoms with van der Waals surface area (Å²) in [5.41, 5.74) is 7.51. The largest absolute Gasteiger partial charge is 0.494 e. The number of hydrogen-bond donors (Lipinski definition) is 1. The van der Waals surface area contributed by atoms with Gasteiger partial charge >= 0.3 is 11.7 Å². The van der Waals surface area contributed by atoms with Crippen molar-refractivity contribution in [3.8, 4) is 28.3 Å². The predicted octanol–water partition coefficient (Wildman–Crippen LogP) is 6.76. The fraction of sp³-hybridized carbons (Fsp3) is 0.250. The van der Waals surface area contributed by atoms with Gasteiger partial charge in [-0.25, -0.2) is 9.36 Å². The third kappa shape index (κ3) is 6.78. The van der Waals surface area contributed by atoms with E-state index in [-0.39, 0.29) is 12.1 Å². The van der Waals surface area contributed by atoms with Gasteiger partial charge in [-0.15, -0.1) is 5.10 Å². The molecule has 0 amide bonds. The summed E-state index contributed by atoms with van der Waals surface area (Å²) in [5, 5.41) is 14.1. The molecule has 4 aromatic carbocycles. The molecule has 7 heteroatoms. The summed E-state index contributed by atoms with van der Waals surface area (Å²) in [7, 11) is 0. The van der Waals surface area contributed by atoms with Crippen LogP contribution in [0.25, 0.3) is 22.5 Å². The van der Waals surface area contributed by atoms with Crippen LogP contribution in [0.2, 0.25) is 0 Å². The SMILES string of the molecule is CCOc1ccc(-c2ccc(CCCc3nn(-c4ccc(C)cc4)c(=O)n3-c3ccccc3CC)cc2)cc1CC(=O)O. The molecule has 0 bridgehead atoms. The van der Waals surface area contributed by atoms with Gasteiger partial charge in [0, 0.05) is 12.0 Å². The molecule has 1 N–H and O–H groups in total. The summed E-state index contributed by atoms with van der Waals surface area (Å²) in [4.78, 5) is 25.1. The standard InChI is InChI=1S/C36H37N3O4/c1-4-27-10-6-7-11-32(27)38-34(37-39(36(38)42)31-20-13-25(3)14-21-31)12-8-9-26-15-17-28(18-16-26)29-19-22-33(43-5-2)30(23-29)24-35(40)41/h6-7,10-11,13-23H,4-5,8-9,12,24H2,1-3H3,(H,40,41). The molecular formula is C36H37N3O4. The van der Waals surface area contributed by atoms with Gasteiger partial charge in [0.05, 0.1) is 24.4 Å². The number of ether oxygens (including phenoxy) is 1. The molecule has 220 valence electrons. The minimum atomic E-state index is -0.888. The average molecular weight is 576 g/mol. The van der Waals surface area contributed by atoms with Crippen molar-refractivity contribution in [2.24, 2.45) is 0 Å². The maximum Gasteiger partial charge on any atom is 0.355 e. The molecule has 43 heavy (non-hydrogen) atoms. The molecule has 7 nitrogen and oxygen atoms in total. The van der Waals surface area contributed by atoms with Crippen LogP contribution in [0.15, 0.2) is 95.8 Å². The summed E-state index contributed by atoms with van der Waals surface area (Å²) in [6.07, 6.45) is 3.02. The van der Waals surface area contributed by atoms with Crippen LogP contribution in [0.4, 0.5) is 0 Å². The molecule has 0 aliphatic carbocycles. The van der Waals surface area contributed by atoms with Gasteiger partial charge in [0.15, 0.2) is 0 Å². The smallest absolute Gasteiger partial charge is 0.355 e. The Bertz CT molecular complexity index is 1770. The first kappa shape index (κ1) is 29.6. The lowest BCUT2D eigenvalue weighted by Gasteiger charge is -2.12. The molecule has 0 atom stereocenters. The zero-order chi connectivity index (χ0) is 30.3. The Morgan fingerprint density at radius 1 is 0.860 bits per heavy atom. The molecule has 0 aliphatic rings. The van der Waals surface area contributed by atoms with Gasteiger partial charge in [0.2, 0.25) is 0 Å². The van der Waals surface area contributed by atoms with Crippen LogP contribution in [0.3, 0.4) is 0 Å². The van der Waals surface area contributed by atoms with Gasteiger partial charge in [-0.1, -0.05) is 73.2 Å². The van der Waals surface area contributed by atoms with Crippen molar-refractivity contribution in [2.75, 3.05) is 6.61 Å². The van der Waals surface area contributed by atoms with Gasteiger partial charge in [-0.05, 0) is 85.7 Å². The molecular weight excluding hydrogens is 538 g/mol. The molecule has 5 rings (SSSR count). The number of benzene rings is 4. The van der Waals surface area contributed by atoms with Crippen molar-refractivity contribution in [1.29, 1.82) is 0 Å². The number of carbonyl (C=O) groups is 1. The fourth-order valence-corrected chi connectivity index (χ4v) is 5.36. The number of para-hydroxylation sites is 1. The molecule has 0 fully saturated rings. The summed E-state index contributed by atoms with van der Waals surface area (Å²) >= 11 is 0. The van der Waals surface area contributed by atoms with Crippen LogP contribution < -0.4 is 10.4 Å². The van der Waals surface area contributed by atoms with Crippen molar-refractivity contribution in [1.82, 2.24) is 14.3 Å². The lowest BCUT2D eigenvalue weighted by atomic mass is 9.98. The molecule has 0 saturated carbocycles. The quantitative estimate of drug-likeness (QED) is 0.178. The number of nitrogens with zero attached hydrogens (tertiary/aromatic N) is 3. The Labute approximate surface area is 252 Å². The van der Waals surface area contributed by atoms with E-state index < -0.39 is 5.97 Å². The van der Waals surface area contributed by atoms with Crippen molar-refractivity contribution < 1.29 is 14.6 Å². The van der Waals surface area contributed by atoms with Crippen molar-refractivity contribution in [3.05, 3.63) is 130 Å². The Hall–Kier alpha value is -4.91. The van der Waals surface area contributed by atoms with E-state index in [9.17, 15) is 14.7 Å². The summed E-state index contributed by atoms with van der Waals surface area (Å²) in [6.45, 7) is 6.48. The highest BCUT2D eigenvalue weighted by Gasteiger charge is 2.18. The van der Waals surface area contributed by atoms with Crippen LogP contribution in [0.1, 0.15) is 48.3 Å². The molecule has 0 spiro atoms. The monoisotopic (exact) mass is 575 g/mol. The maximum absolute atomic E-state index is 13.7. The van der Waals surface area contributed by atoms with Gasteiger partial charge in [-0.2, -0.15) is 4.68 Å². The maximum atomic E-state index is 13.7. The first-order valence-corrected chi connectivity index (χ1v) is 14.8. The lowest BCUT2D eigenvalue weighted by Crippen LogP contribution is -2.24. The van der Waals surface area contributed by atoms with E-state index in [2.05, 4.69) is 37.3 Å². The number of carboxylic acid groups (broad SMARTS) is 1. The number of carboxylic acids is 1. The molecule has 0 saturated heterocycles. The Balaban J connectivity index is 1.36. The molecule has 1 heterocycles. The van der Waals surface area contributed by atoms with Gasteiger partial charge in [-0.3, -0.25) is 4.79 Å². The Morgan fingerprint density at radius 2 is 1.58 bits per heavy atom. The molecule has 0 unspecified atom stereocenters. The highest BCUT2D eigenvalue weighted by Crippen LogP contribution is 2.28. The van der Waals surface area contributed by atoms with Crippen LogP contribution in [0.5, 0.6) is 5.75 Å². The molecule has 5 aromatic rings. The van der Waals surface area contributed by atoms with Crippen molar-refractivity contribution in [3.63, 3.8) is 0 Å². The highest BCUT2D eigenvalue weighted by molar-refractivity contribution is 5.74. The van der Waals surface area contributed by atoms with Gasteiger partial charge in [0.1, 0.15) is 11.6 Å². The highest BCUT2D eigenvalue weighted by atomic mass is 16.5. The predicted molar refractivity (Wildman–Crippen MR) is 170 cm³/mol. The topological polar surface area (TPSA) is 86.4 Å². The second-order valence-electron chi connectivity index (χ2n) is 10.6. The van der Waals surface area contributed by atoms with Crippen molar-refractivity contribution in [2.45, 2.75) is 52.9 Å². The van der Waals surface area contributed by atoms with E-state index in [0.29, 0.717) is 24.3 Å². The second-order valence-corrected chi connectivity index (χ2v) is 10.6. The number of hydrogen-bond acceptors (Lipinski definition) is 4. The van der Waals surface area contributed by atoms with E-state index in [1.807, 2.05) is 74.5 Å². The summed E-state index contributed by atoms with van der Waals surface area (Å²) in [5.74, 6) is 0.458. The van der Waals surface area contributed by atoms with E-state index >= 15 is 0 Å². The number of aliphatic carboxylic acids is 1. The lowest BCUT2D eigenvalue weighted by molar-refractivity contribution is -0.136. The minimum absolute atomic E-state index is 0.0886. The third-order valence-corrected chi connectivity index (χ3v) is 7.59. The molecule has 0 radical (unpaired) electrons. The van der Waals surface area contributed by atoms with Crippen molar-refractivity contribution >= 4 is 5.97 Å². The van der Waals surface area contributed by atoms with E-state index in [4.69, 9.17) is 9.84 Å². The van der Waals surface area contributed by atoms with Crippen LogP contribution in [0, 0.1) is 6.92 Å². The minimum Gasteiger partial charge on any atom is -0.494 e. The second kappa shape index (κ2) is 13.4. The molecule has 0 aliphatic heterocycles. The van der Waals surface area contributed by atoms with Crippen LogP contribution in [-0.2, 0) is 30.5 Å². The average Bonchev–Trinajstić information content (AvgIpc) is 3.34. The summed E-state index contributed by atoms with van der Waals surface area (Å²) in [6, 6.07) is 29.9. The normalized spacial score (nSPS) is 11.0. The van der Waals surface area contributed by atoms with Crippen LogP contribution in [-0.4, -0.2) is 32.0 Å². The zero-order valence-corrected chi connectivity index (χ0v) is 24.9. The first-order valence-electron chi connectivity index (χ1n) is 14.8. The fourth-order valence-electron chi connectivity index (χ4n) is 5.36.